The quantitative estimate of drug-likeness (QED) is 0.0886. The maximum absolute atomic E-state index is 14.3. The summed E-state index contributed by atoms with van der Waals surface area (Å²) >= 11 is 0. The molecule has 3 aromatic carbocycles. The van der Waals surface area contributed by atoms with Crippen molar-refractivity contribution in [3.63, 3.8) is 0 Å². The molecule has 0 fully saturated rings. The number of carbonyl (C=O) groups is 4. The molecule has 4 bridgehead atoms. The van der Waals surface area contributed by atoms with E-state index in [4.69, 9.17) is 26.7 Å². The third-order valence-electron chi connectivity index (χ3n) is 9.48. The van der Waals surface area contributed by atoms with Crippen LogP contribution in [0.25, 0.3) is 11.1 Å². The SMILES string of the molecule is CCCCCCCCc1ccc(C(=O)N(C)[C@@H]2C(=O)N[C@@H](C)C(=O)N[C@H](C(=O)NCN)Cc3ccc(OCCN)c(c3)-c3cc2ccc3OCCN)cc1. The van der Waals surface area contributed by atoms with Crippen molar-refractivity contribution in [3.05, 3.63) is 82.9 Å². The van der Waals surface area contributed by atoms with E-state index in [0.717, 1.165) is 18.4 Å². The van der Waals surface area contributed by atoms with Gasteiger partial charge < -0.3 is 47.5 Å². The average Bonchev–Trinajstić information content (AvgIpc) is 3.17. The maximum Gasteiger partial charge on any atom is 0.254 e. The van der Waals surface area contributed by atoms with Crippen molar-refractivity contribution in [3.8, 4) is 22.6 Å². The molecule has 1 aliphatic rings. The number of hydrogen-bond donors (Lipinski definition) is 6. The molecule has 54 heavy (non-hydrogen) atoms. The molecule has 292 valence electrons. The van der Waals surface area contributed by atoms with Crippen LogP contribution in [0.3, 0.4) is 0 Å². The number of nitrogens with one attached hydrogen (secondary N) is 3. The first kappa shape index (κ1) is 41.8. The van der Waals surface area contributed by atoms with E-state index in [0.29, 0.717) is 39.3 Å². The van der Waals surface area contributed by atoms with E-state index < -0.39 is 35.8 Å². The number of nitrogens with zero attached hydrogens (tertiary/aromatic N) is 1. The summed E-state index contributed by atoms with van der Waals surface area (Å²) in [6.07, 6.45) is 8.23. The number of hydrogen-bond acceptors (Lipinski definition) is 9. The summed E-state index contributed by atoms with van der Waals surface area (Å²) in [7, 11) is 1.56. The molecule has 1 aliphatic heterocycles. The van der Waals surface area contributed by atoms with Crippen molar-refractivity contribution in [1.29, 1.82) is 0 Å². The fourth-order valence-corrected chi connectivity index (χ4v) is 6.55. The number of unbranched alkanes of at least 4 members (excludes halogenated alkanes) is 5. The van der Waals surface area contributed by atoms with Gasteiger partial charge in [-0.3, -0.25) is 19.2 Å². The van der Waals surface area contributed by atoms with Crippen molar-refractivity contribution in [2.75, 3.05) is 40.0 Å². The van der Waals surface area contributed by atoms with E-state index in [9.17, 15) is 19.2 Å². The average molecular weight is 744 g/mol. The fraction of sp³-hybridized carbons (Fsp3) is 0.463. The van der Waals surface area contributed by atoms with Crippen LogP contribution in [0, 0.1) is 0 Å². The van der Waals surface area contributed by atoms with Gasteiger partial charge in [0.15, 0.2) is 0 Å². The van der Waals surface area contributed by atoms with Crippen molar-refractivity contribution in [2.24, 2.45) is 17.2 Å². The van der Waals surface area contributed by atoms with Gasteiger partial charge in [0.25, 0.3) is 5.91 Å². The summed E-state index contributed by atoms with van der Waals surface area (Å²) in [4.78, 5) is 56.4. The van der Waals surface area contributed by atoms with Gasteiger partial charge >= 0.3 is 0 Å². The molecule has 0 spiro atoms. The lowest BCUT2D eigenvalue weighted by molar-refractivity contribution is -0.133. The first-order valence-corrected chi connectivity index (χ1v) is 19.0. The van der Waals surface area contributed by atoms with E-state index in [1.807, 2.05) is 18.2 Å². The minimum Gasteiger partial charge on any atom is -0.492 e. The van der Waals surface area contributed by atoms with Crippen LogP contribution in [-0.4, -0.2) is 80.6 Å². The Kier molecular flexibility index (Phi) is 16.3. The zero-order valence-corrected chi connectivity index (χ0v) is 31.8. The van der Waals surface area contributed by atoms with Crippen LogP contribution in [0.5, 0.6) is 11.5 Å². The number of benzene rings is 3. The Morgan fingerprint density at radius 3 is 2.09 bits per heavy atom. The molecule has 1 heterocycles. The van der Waals surface area contributed by atoms with Gasteiger partial charge in [0.1, 0.15) is 42.8 Å². The second-order valence-corrected chi connectivity index (χ2v) is 13.6. The summed E-state index contributed by atoms with van der Waals surface area (Å²) in [6.45, 7) is 4.56. The highest BCUT2D eigenvalue weighted by molar-refractivity contribution is 5.99. The Labute approximate surface area is 318 Å². The number of likely N-dealkylation sites (N-methyl/N-ethyl adjacent to an activating group) is 1. The first-order valence-electron chi connectivity index (χ1n) is 19.0. The molecule has 13 heteroatoms. The van der Waals surface area contributed by atoms with Crippen molar-refractivity contribution in [1.82, 2.24) is 20.9 Å². The molecule has 0 unspecified atom stereocenters. The number of carbonyl (C=O) groups excluding carboxylic acids is 4. The molecule has 0 aliphatic carbocycles. The minimum atomic E-state index is -1.17. The van der Waals surface area contributed by atoms with Crippen molar-refractivity contribution in [2.45, 2.75) is 83.3 Å². The Balaban J connectivity index is 1.79. The summed E-state index contributed by atoms with van der Waals surface area (Å²) < 4.78 is 12.2. The van der Waals surface area contributed by atoms with Gasteiger partial charge in [0.05, 0.1) is 6.67 Å². The minimum absolute atomic E-state index is 0.110. The van der Waals surface area contributed by atoms with Crippen LogP contribution < -0.4 is 42.6 Å². The molecule has 0 saturated heterocycles. The lowest BCUT2D eigenvalue weighted by Gasteiger charge is -2.30. The number of rotatable bonds is 17. The molecule has 4 rings (SSSR count). The number of fused-ring (bicyclic) bond motifs is 5. The van der Waals surface area contributed by atoms with E-state index in [1.165, 1.54) is 43.9 Å². The Morgan fingerprint density at radius 2 is 1.44 bits per heavy atom. The fourth-order valence-electron chi connectivity index (χ4n) is 6.55. The van der Waals surface area contributed by atoms with E-state index >= 15 is 0 Å². The third-order valence-corrected chi connectivity index (χ3v) is 9.48. The smallest absolute Gasteiger partial charge is 0.254 e. The lowest BCUT2D eigenvalue weighted by Crippen LogP contribution is -2.55. The highest BCUT2D eigenvalue weighted by Gasteiger charge is 2.33. The number of nitrogens with two attached hydrogens (primary N) is 3. The van der Waals surface area contributed by atoms with Crippen LogP contribution in [0.4, 0.5) is 0 Å². The second kappa shape index (κ2) is 21.0. The normalized spacial score (nSPS) is 17.1. The predicted octanol–water partition coefficient (Wildman–Crippen LogP) is 3.32. The number of aryl methyl sites for hydroxylation is 1. The first-order chi connectivity index (χ1) is 26.1. The zero-order chi connectivity index (χ0) is 39.0. The molecule has 4 amide bonds. The molecular weight excluding hydrogens is 686 g/mol. The second-order valence-electron chi connectivity index (χ2n) is 13.6. The summed E-state index contributed by atoms with van der Waals surface area (Å²) in [5.41, 5.74) is 21.1. The third kappa shape index (κ3) is 11.3. The predicted molar refractivity (Wildman–Crippen MR) is 210 cm³/mol. The molecule has 9 N–H and O–H groups in total. The van der Waals surface area contributed by atoms with Gasteiger partial charge in [-0.25, -0.2) is 0 Å². The summed E-state index contributed by atoms with van der Waals surface area (Å²) in [5.74, 6) is -1.09. The summed E-state index contributed by atoms with van der Waals surface area (Å²) in [6, 6.07) is 14.9. The van der Waals surface area contributed by atoms with Gasteiger partial charge in [-0.15, -0.1) is 0 Å². The Bertz CT molecular complexity index is 1720. The van der Waals surface area contributed by atoms with Crippen LogP contribution >= 0.6 is 0 Å². The Morgan fingerprint density at radius 1 is 0.815 bits per heavy atom. The number of ether oxygens (including phenoxy) is 2. The molecule has 3 atom stereocenters. The van der Waals surface area contributed by atoms with Crippen LogP contribution in [0.15, 0.2) is 60.7 Å². The maximum atomic E-state index is 14.3. The summed E-state index contributed by atoms with van der Waals surface area (Å²) in [5, 5.41) is 8.12. The molecule has 0 saturated carbocycles. The number of amides is 4. The molecule has 0 aromatic heterocycles. The van der Waals surface area contributed by atoms with Crippen LogP contribution in [0.2, 0.25) is 0 Å². The zero-order valence-electron chi connectivity index (χ0n) is 31.8. The van der Waals surface area contributed by atoms with E-state index in [1.54, 1.807) is 49.5 Å². The van der Waals surface area contributed by atoms with E-state index in [2.05, 4.69) is 22.9 Å². The van der Waals surface area contributed by atoms with Crippen molar-refractivity contribution >= 4 is 23.6 Å². The monoisotopic (exact) mass is 743 g/mol. The molecule has 0 radical (unpaired) electrons. The van der Waals surface area contributed by atoms with Crippen molar-refractivity contribution < 1.29 is 28.7 Å². The molecule has 3 aromatic rings. The molecule has 13 nitrogen and oxygen atoms in total. The van der Waals surface area contributed by atoms with Gasteiger partial charge in [0, 0.05) is 43.2 Å². The highest BCUT2D eigenvalue weighted by Crippen LogP contribution is 2.40. The highest BCUT2D eigenvalue weighted by atomic mass is 16.5. The Hall–Kier alpha value is -4.98. The largest absolute Gasteiger partial charge is 0.492 e. The van der Waals surface area contributed by atoms with Crippen LogP contribution in [-0.2, 0) is 27.2 Å². The van der Waals surface area contributed by atoms with E-state index in [-0.39, 0.29) is 45.3 Å². The van der Waals surface area contributed by atoms with Gasteiger partial charge in [0.2, 0.25) is 17.7 Å². The lowest BCUT2D eigenvalue weighted by atomic mass is 9.93. The van der Waals surface area contributed by atoms with Gasteiger partial charge in [-0.1, -0.05) is 63.3 Å². The standard InChI is InChI=1S/C41H57N7O6/c1-4-5-6-7-8-9-10-28-11-14-30(15-12-28)41(52)48(3)37-31-16-18-36(54-22-20-43)33(25-31)32-23-29(13-17-35(32)53-21-19-42)24-34(39(50)45-26-44)47-38(49)27(2)46-40(37)51/h11-18,23,25,27,34,37H,4-10,19-22,24,26,42-44H2,1-3H3,(H,45,50)(H,46,51)(H,47,49)/t27-,34-,37-/m0/s1. The van der Waals surface area contributed by atoms with Crippen LogP contribution in [0.1, 0.15) is 85.5 Å². The van der Waals surface area contributed by atoms with Gasteiger partial charge in [-0.05, 0) is 72.9 Å². The van der Waals surface area contributed by atoms with Gasteiger partial charge in [-0.2, -0.15) is 0 Å². The molecular formula is C41H57N7O6. The topological polar surface area (TPSA) is 204 Å².